The minimum absolute atomic E-state index is 0.00743. The van der Waals surface area contributed by atoms with Gasteiger partial charge >= 0.3 is 0 Å². The Morgan fingerprint density at radius 2 is 2.44 bits per heavy atom. The highest BCUT2D eigenvalue weighted by Crippen LogP contribution is 2.23. The predicted molar refractivity (Wildman–Crippen MR) is 76.0 cm³/mol. The first-order valence-corrected chi connectivity index (χ1v) is 7.20. The normalized spacial score (nSPS) is 20.9. The highest BCUT2D eigenvalue weighted by Gasteiger charge is 2.18. The molecular formula is C13H21N3OS. The SMILES string of the molecule is Cc1sc(C(=O)NCC2CCCN(C)C2)cc1N. The number of anilines is 1. The maximum Gasteiger partial charge on any atom is 0.261 e. The molecule has 18 heavy (non-hydrogen) atoms. The summed E-state index contributed by atoms with van der Waals surface area (Å²) in [7, 11) is 2.14. The summed E-state index contributed by atoms with van der Waals surface area (Å²) < 4.78 is 0. The summed E-state index contributed by atoms with van der Waals surface area (Å²) >= 11 is 1.46. The number of amides is 1. The number of nitrogens with one attached hydrogen (secondary N) is 1. The molecule has 4 nitrogen and oxygen atoms in total. The van der Waals surface area contributed by atoms with Gasteiger partial charge in [0.25, 0.3) is 5.91 Å². The van der Waals surface area contributed by atoms with E-state index >= 15 is 0 Å². The molecule has 0 bridgehead atoms. The number of nitrogen functional groups attached to an aromatic ring is 1. The average molecular weight is 267 g/mol. The van der Waals surface area contributed by atoms with Crippen LogP contribution in [0.25, 0.3) is 0 Å². The molecule has 100 valence electrons. The van der Waals surface area contributed by atoms with E-state index in [0.29, 0.717) is 16.5 Å². The lowest BCUT2D eigenvalue weighted by Gasteiger charge is -2.29. The number of nitrogens with two attached hydrogens (primary N) is 1. The minimum atomic E-state index is 0.00743. The lowest BCUT2D eigenvalue weighted by molar-refractivity contribution is 0.0941. The minimum Gasteiger partial charge on any atom is -0.398 e. The second kappa shape index (κ2) is 5.71. The van der Waals surface area contributed by atoms with E-state index in [9.17, 15) is 4.79 Å². The van der Waals surface area contributed by atoms with E-state index in [2.05, 4.69) is 17.3 Å². The number of carbonyl (C=O) groups excluding carboxylic acids is 1. The van der Waals surface area contributed by atoms with E-state index in [1.807, 2.05) is 6.92 Å². The number of thiophene rings is 1. The van der Waals surface area contributed by atoms with E-state index in [0.717, 1.165) is 18.0 Å². The van der Waals surface area contributed by atoms with Gasteiger partial charge in [-0.15, -0.1) is 11.3 Å². The third-order valence-electron chi connectivity index (χ3n) is 3.45. The van der Waals surface area contributed by atoms with Crippen molar-refractivity contribution in [3.8, 4) is 0 Å². The number of carbonyl (C=O) groups is 1. The molecule has 1 amide bonds. The summed E-state index contributed by atoms with van der Waals surface area (Å²) in [6, 6.07) is 1.77. The zero-order valence-corrected chi connectivity index (χ0v) is 11.8. The molecule has 0 saturated carbocycles. The maximum atomic E-state index is 12.0. The fourth-order valence-electron chi connectivity index (χ4n) is 2.37. The van der Waals surface area contributed by atoms with E-state index in [-0.39, 0.29) is 5.91 Å². The lowest BCUT2D eigenvalue weighted by atomic mass is 9.98. The molecule has 1 aromatic heterocycles. The molecule has 1 aliphatic heterocycles. The number of piperidine rings is 1. The van der Waals surface area contributed by atoms with Gasteiger partial charge in [0.05, 0.1) is 4.88 Å². The molecule has 2 rings (SSSR count). The quantitative estimate of drug-likeness (QED) is 0.876. The highest BCUT2D eigenvalue weighted by atomic mass is 32.1. The summed E-state index contributed by atoms with van der Waals surface area (Å²) in [6.07, 6.45) is 2.43. The molecule has 1 aromatic rings. The van der Waals surface area contributed by atoms with Crippen LogP contribution in [0.15, 0.2) is 6.07 Å². The molecular weight excluding hydrogens is 246 g/mol. The summed E-state index contributed by atoms with van der Waals surface area (Å²) in [5, 5.41) is 3.02. The topological polar surface area (TPSA) is 58.4 Å². The average Bonchev–Trinajstić information content (AvgIpc) is 2.67. The molecule has 2 heterocycles. The monoisotopic (exact) mass is 267 g/mol. The fourth-order valence-corrected chi connectivity index (χ4v) is 3.23. The van der Waals surface area contributed by atoms with Crippen LogP contribution in [0.5, 0.6) is 0 Å². The second-order valence-corrected chi connectivity index (χ2v) is 6.36. The third-order valence-corrected chi connectivity index (χ3v) is 4.52. The van der Waals surface area contributed by atoms with Gasteiger partial charge in [0.2, 0.25) is 0 Å². The van der Waals surface area contributed by atoms with Crippen LogP contribution in [0, 0.1) is 12.8 Å². The van der Waals surface area contributed by atoms with E-state index < -0.39 is 0 Å². The van der Waals surface area contributed by atoms with Crippen molar-refractivity contribution in [3.63, 3.8) is 0 Å². The Kier molecular flexibility index (Phi) is 4.24. The first-order valence-electron chi connectivity index (χ1n) is 6.39. The molecule has 1 atom stereocenters. The molecule has 0 aromatic carbocycles. The molecule has 5 heteroatoms. The Bertz CT molecular complexity index is 410. The molecule has 1 saturated heterocycles. The number of rotatable bonds is 3. The largest absolute Gasteiger partial charge is 0.398 e. The zero-order chi connectivity index (χ0) is 13.1. The Morgan fingerprint density at radius 3 is 3.06 bits per heavy atom. The summed E-state index contributed by atoms with van der Waals surface area (Å²) in [5.41, 5.74) is 6.47. The number of hydrogen-bond donors (Lipinski definition) is 2. The molecule has 3 N–H and O–H groups in total. The van der Waals surface area contributed by atoms with E-state index in [1.165, 1.54) is 30.7 Å². The number of hydrogen-bond acceptors (Lipinski definition) is 4. The van der Waals surface area contributed by atoms with Crippen molar-refractivity contribution in [2.24, 2.45) is 5.92 Å². The van der Waals surface area contributed by atoms with Crippen molar-refractivity contribution < 1.29 is 4.79 Å². The molecule has 1 fully saturated rings. The van der Waals surface area contributed by atoms with Crippen molar-refractivity contribution >= 4 is 22.9 Å². The zero-order valence-electron chi connectivity index (χ0n) is 11.0. The lowest BCUT2D eigenvalue weighted by Crippen LogP contribution is -2.38. The first-order chi connectivity index (χ1) is 8.56. The summed E-state index contributed by atoms with van der Waals surface area (Å²) in [5.74, 6) is 0.583. The Balaban J connectivity index is 1.84. The number of likely N-dealkylation sites (tertiary alicyclic amines) is 1. The maximum absolute atomic E-state index is 12.0. The van der Waals surface area contributed by atoms with Gasteiger partial charge < -0.3 is 16.0 Å². The van der Waals surface area contributed by atoms with Gasteiger partial charge in [-0.25, -0.2) is 0 Å². The van der Waals surface area contributed by atoms with Crippen molar-refractivity contribution in [2.75, 3.05) is 32.4 Å². The van der Waals surface area contributed by atoms with Gasteiger partial charge in [0.1, 0.15) is 0 Å². The molecule has 0 aliphatic carbocycles. The molecule has 1 aliphatic rings. The summed E-state index contributed by atoms with van der Waals surface area (Å²) in [4.78, 5) is 16.0. The molecule has 1 unspecified atom stereocenters. The van der Waals surface area contributed by atoms with Gasteiger partial charge in [-0.1, -0.05) is 0 Å². The Hall–Kier alpha value is -1.07. The summed E-state index contributed by atoms with van der Waals surface area (Å²) in [6.45, 7) is 4.95. The van der Waals surface area contributed by atoms with Crippen LogP contribution in [0.2, 0.25) is 0 Å². The first kappa shape index (κ1) is 13.4. The van der Waals surface area contributed by atoms with Crippen LogP contribution in [-0.4, -0.2) is 37.5 Å². The highest BCUT2D eigenvalue weighted by molar-refractivity contribution is 7.14. The van der Waals surface area contributed by atoms with Crippen LogP contribution in [0.1, 0.15) is 27.4 Å². The predicted octanol–water partition coefficient (Wildman–Crippen LogP) is 1.71. The van der Waals surface area contributed by atoms with Crippen molar-refractivity contribution in [2.45, 2.75) is 19.8 Å². The van der Waals surface area contributed by atoms with Crippen molar-refractivity contribution in [3.05, 3.63) is 15.8 Å². The fraction of sp³-hybridized carbons (Fsp3) is 0.615. The van der Waals surface area contributed by atoms with Crippen LogP contribution < -0.4 is 11.1 Å². The van der Waals surface area contributed by atoms with Crippen LogP contribution in [0.3, 0.4) is 0 Å². The van der Waals surface area contributed by atoms with Crippen molar-refractivity contribution in [1.82, 2.24) is 10.2 Å². The van der Waals surface area contributed by atoms with Gasteiger partial charge in [-0.3, -0.25) is 4.79 Å². The third kappa shape index (κ3) is 3.23. The smallest absolute Gasteiger partial charge is 0.261 e. The standard InChI is InChI=1S/C13H21N3OS/c1-9-11(14)6-12(18-9)13(17)15-7-10-4-3-5-16(2)8-10/h6,10H,3-5,7-8,14H2,1-2H3,(H,15,17). The second-order valence-electron chi connectivity index (χ2n) is 5.10. The van der Waals surface area contributed by atoms with Gasteiger partial charge in [-0.2, -0.15) is 0 Å². The van der Waals surface area contributed by atoms with Gasteiger partial charge in [0, 0.05) is 23.7 Å². The number of nitrogens with zero attached hydrogens (tertiary/aromatic N) is 1. The van der Waals surface area contributed by atoms with E-state index in [1.54, 1.807) is 6.07 Å². The van der Waals surface area contributed by atoms with E-state index in [4.69, 9.17) is 5.73 Å². The molecule has 0 spiro atoms. The number of aryl methyl sites for hydroxylation is 1. The van der Waals surface area contributed by atoms with Crippen LogP contribution in [0.4, 0.5) is 5.69 Å². The Labute approximate surface area is 112 Å². The van der Waals surface area contributed by atoms with Gasteiger partial charge in [-0.05, 0) is 45.3 Å². The Morgan fingerprint density at radius 1 is 1.67 bits per heavy atom. The van der Waals surface area contributed by atoms with Gasteiger partial charge in [0.15, 0.2) is 0 Å². The van der Waals surface area contributed by atoms with Crippen LogP contribution in [-0.2, 0) is 0 Å². The molecule has 0 radical (unpaired) electrons. The van der Waals surface area contributed by atoms with Crippen LogP contribution >= 0.6 is 11.3 Å². The van der Waals surface area contributed by atoms with Crippen molar-refractivity contribution in [1.29, 1.82) is 0 Å².